The Balaban J connectivity index is 1.79. The summed E-state index contributed by atoms with van der Waals surface area (Å²) in [5, 5.41) is 5.07. The van der Waals surface area contributed by atoms with E-state index in [1.807, 2.05) is 54.6 Å². The first-order valence-electron chi connectivity index (χ1n) is 10.3. The molecular weight excluding hydrogens is 452 g/mol. The molecule has 0 radical (unpaired) electrons. The van der Waals surface area contributed by atoms with Crippen molar-refractivity contribution in [2.75, 3.05) is 18.0 Å². The fraction of sp³-hybridized carbons (Fsp3) is 0.160. The first kappa shape index (κ1) is 21.0. The maximum atomic E-state index is 13.2. The quantitative estimate of drug-likeness (QED) is 0.344. The Morgan fingerprint density at radius 2 is 1.65 bits per heavy atom. The Hall–Kier alpha value is -3.25. The van der Waals surface area contributed by atoms with Gasteiger partial charge in [-0.3, -0.25) is 4.79 Å². The molecule has 1 aromatic heterocycles. The molecule has 0 spiro atoms. The summed E-state index contributed by atoms with van der Waals surface area (Å²) in [6.07, 6.45) is 1.70. The second-order valence-corrected chi connectivity index (χ2v) is 8.00. The van der Waals surface area contributed by atoms with E-state index in [9.17, 15) is 4.79 Å². The average Bonchev–Trinajstić information content (AvgIpc) is 2.80. The maximum Gasteiger partial charge on any atom is 0.282 e. The standard InChI is InChI=1S/C25H23BrN4O/c1-3-29(4-2)21-15-9-18(10-16-21)17-27-30-24(19-11-13-20(26)14-12-19)28-23-8-6-5-7-22(23)25(30)31/h5-17H,3-4H2,1-2H3. The van der Waals surface area contributed by atoms with Crippen LogP contribution in [0.3, 0.4) is 0 Å². The summed E-state index contributed by atoms with van der Waals surface area (Å²) in [5.41, 5.74) is 3.36. The van der Waals surface area contributed by atoms with Crippen molar-refractivity contribution in [2.45, 2.75) is 13.8 Å². The number of aromatic nitrogens is 2. The van der Waals surface area contributed by atoms with Gasteiger partial charge < -0.3 is 4.90 Å². The second kappa shape index (κ2) is 9.27. The number of halogens is 1. The van der Waals surface area contributed by atoms with Gasteiger partial charge in [0.15, 0.2) is 5.82 Å². The molecule has 0 N–H and O–H groups in total. The number of benzene rings is 3. The summed E-state index contributed by atoms with van der Waals surface area (Å²) in [7, 11) is 0. The van der Waals surface area contributed by atoms with Gasteiger partial charge >= 0.3 is 0 Å². The van der Waals surface area contributed by atoms with Crippen LogP contribution in [-0.2, 0) is 0 Å². The zero-order valence-corrected chi connectivity index (χ0v) is 19.1. The predicted octanol–water partition coefficient (Wildman–Crippen LogP) is 5.55. The first-order valence-corrected chi connectivity index (χ1v) is 11.1. The van der Waals surface area contributed by atoms with Gasteiger partial charge in [-0.2, -0.15) is 9.78 Å². The van der Waals surface area contributed by atoms with Gasteiger partial charge in [0, 0.05) is 28.8 Å². The van der Waals surface area contributed by atoms with E-state index in [0.717, 1.165) is 28.7 Å². The number of anilines is 1. The summed E-state index contributed by atoms with van der Waals surface area (Å²) in [5.74, 6) is 0.507. The summed E-state index contributed by atoms with van der Waals surface area (Å²) in [6.45, 7) is 6.20. The van der Waals surface area contributed by atoms with Crippen LogP contribution in [-0.4, -0.2) is 29.0 Å². The van der Waals surface area contributed by atoms with Crippen LogP contribution in [0, 0.1) is 0 Å². The van der Waals surface area contributed by atoms with Crippen LogP contribution in [0.5, 0.6) is 0 Å². The van der Waals surface area contributed by atoms with Crippen molar-refractivity contribution < 1.29 is 0 Å². The van der Waals surface area contributed by atoms with Crippen molar-refractivity contribution in [1.29, 1.82) is 0 Å². The molecule has 1 heterocycles. The third-order valence-electron chi connectivity index (χ3n) is 5.20. The molecule has 6 heteroatoms. The molecule has 0 aliphatic rings. The molecule has 0 saturated heterocycles. The van der Waals surface area contributed by atoms with E-state index in [-0.39, 0.29) is 5.56 Å². The van der Waals surface area contributed by atoms with Crippen molar-refractivity contribution in [3.8, 4) is 11.4 Å². The second-order valence-electron chi connectivity index (χ2n) is 7.08. The van der Waals surface area contributed by atoms with E-state index in [1.165, 1.54) is 10.4 Å². The van der Waals surface area contributed by atoms with E-state index in [4.69, 9.17) is 4.98 Å². The van der Waals surface area contributed by atoms with E-state index in [2.05, 4.69) is 51.9 Å². The third-order valence-corrected chi connectivity index (χ3v) is 5.73. The molecule has 0 atom stereocenters. The maximum absolute atomic E-state index is 13.2. The fourth-order valence-corrected chi connectivity index (χ4v) is 3.77. The number of fused-ring (bicyclic) bond motifs is 1. The van der Waals surface area contributed by atoms with Crippen LogP contribution in [0.2, 0.25) is 0 Å². The van der Waals surface area contributed by atoms with Crippen LogP contribution >= 0.6 is 15.9 Å². The highest BCUT2D eigenvalue weighted by molar-refractivity contribution is 9.10. The van der Waals surface area contributed by atoms with Crippen LogP contribution in [0.25, 0.3) is 22.3 Å². The molecular formula is C25H23BrN4O. The number of nitrogens with zero attached hydrogens (tertiary/aromatic N) is 4. The number of para-hydroxylation sites is 1. The van der Waals surface area contributed by atoms with Crippen LogP contribution in [0.15, 0.2) is 87.2 Å². The van der Waals surface area contributed by atoms with E-state index in [0.29, 0.717) is 16.7 Å². The lowest BCUT2D eigenvalue weighted by Gasteiger charge is -2.20. The monoisotopic (exact) mass is 474 g/mol. The number of rotatable bonds is 6. The lowest BCUT2D eigenvalue weighted by Crippen LogP contribution is -2.21. The van der Waals surface area contributed by atoms with Crippen molar-refractivity contribution in [1.82, 2.24) is 9.66 Å². The van der Waals surface area contributed by atoms with Gasteiger partial charge in [0.25, 0.3) is 5.56 Å². The molecule has 0 unspecified atom stereocenters. The summed E-state index contributed by atoms with van der Waals surface area (Å²) in [6, 6.07) is 23.2. The molecule has 0 aliphatic heterocycles. The fourth-order valence-electron chi connectivity index (χ4n) is 3.50. The molecule has 3 aromatic carbocycles. The zero-order chi connectivity index (χ0) is 21.8. The Bertz CT molecular complexity index is 1270. The summed E-state index contributed by atoms with van der Waals surface area (Å²) < 4.78 is 2.34. The summed E-state index contributed by atoms with van der Waals surface area (Å²) in [4.78, 5) is 20.2. The zero-order valence-electron chi connectivity index (χ0n) is 17.5. The molecule has 0 amide bonds. The molecule has 0 aliphatic carbocycles. The highest BCUT2D eigenvalue weighted by Crippen LogP contribution is 2.21. The van der Waals surface area contributed by atoms with E-state index < -0.39 is 0 Å². The lowest BCUT2D eigenvalue weighted by molar-refractivity contribution is 0.829. The van der Waals surface area contributed by atoms with Gasteiger partial charge in [0.1, 0.15) is 0 Å². The minimum Gasteiger partial charge on any atom is -0.372 e. The molecule has 0 saturated carbocycles. The highest BCUT2D eigenvalue weighted by atomic mass is 79.9. The molecule has 4 aromatic rings. The molecule has 0 fully saturated rings. The first-order chi connectivity index (χ1) is 15.1. The van der Waals surface area contributed by atoms with Crippen LogP contribution in [0.4, 0.5) is 5.69 Å². The Labute approximate surface area is 189 Å². The minimum atomic E-state index is -0.195. The average molecular weight is 475 g/mol. The van der Waals surface area contributed by atoms with Gasteiger partial charge in [0.05, 0.1) is 17.1 Å². The Kier molecular flexibility index (Phi) is 6.28. The Morgan fingerprint density at radius 3 is 2.32 bits per heavy atom. The molecule has 31 heavy (non-hydrogen) atoms. The van der Waals surface area contributed by atoms with Crippen molar-refractivity contribution in [3.05, 3.63) is 93.2 Å². The van der Waals surface area contributed by atoms with Crippen molar-refractivity contribution in [3.63, 3.8) is 0 Å². The van der Waals surface area contributed by atoms with Gasteiger partial charge in [0.2, 0.25) is 0 Å². The van der Waals surface area contributed by atoms with E-state index in [1.54, 1.807) is 12.3 Å². The van der Waals surface area contributed by atoms with Crippen molar-refractivity contribution in [2.24, 2.45) is 5.10 Å². The lowest BCUT2D eigenvalue weighted by atomic mass is 10.2. The Morgan fingerprint density at radius 1 is 0.968 bits per heavy atom. The van der Waals surface area contributed by atoms with Crippen LogP contribution in [0.1, 0.15) is 19.4 Å². The third kappa shape index (κ3) is 4.44. The predicted molar refractivity (Wildman–Crippen MR) is 132 cm³/mol. The normalized spacial score (nSPS) is 11.3. The number of hydrogen-bond acceptors (Lipinski definition) is 4. The van der Waals surface area contributed by atoms with Crippen molar-refractivity contribution >= 4 is 38.7 Å². The SMILES string of the molecule is CCN(CC)c1ccc(C=Nn2c(-c3ccc(Br)cc3)nc3ccccc3c2=O)cc1. The summed E-state index contributed by atoms with van der Waals surface area (Å²) >= 11 is 3.46. The number of hydrogen-bond donors (Lipinski definition) is 0. The topological polar surface area (TPSA) is 50.5 Å². The van der Waals surface area contributed by atoms with Gasteiger partial charge in [-0.05, 0) is 55.8 Å². The minimum absolute atomic E-state index is 0.195. The molecule has 156 valence electrons. The smallest absolute Gasteiger partial charge is 0.282 e. The molecule has 0 bridgehead atoms. The highest BCUT2D eigenvalue weighted by Gasteiger charge is 2.12. The van der Waals surface area contributed by atoms with Gasteiger partial charge in [-0.1, -0.05) is 52.3 Å². The van der Waals surface area contributed by atoms with E-state index >= 15 is 0 Å². The van der Waals surface area contributed by atoms with Crippen LogP contribution < -0.4 is 10.5 Å². The van der Waals surface area contributed by atoms with Gasteiger partial charge in [-0.25, -0.2) is 4.98 Å². The molecule has 4 rings (SSSR count). The molecule has 5 nitrogen and oxygen atoms in total. The van der Waals surface area contributed by atoms with Gasteiger partial charge in [-0.15, -0.1) is 0 Å². The largest absolute Gasteiger partial charge is 0.372 e.